The highest BCUT2D eigenvalue weighted by Gasteiger charge is 2.59. The van der Waals surface area contributed by atoms with Crippen molar-refractivity contribution in [2.75, 3.05) is 0 Å². The number of allylic oxidation sites excluding steroid dienone is 4. The molecule has 1 N–H and O–H groups in total. The molecule has 0 aromatic rings. The third-order valence-corrected chi connectivity index (χ3v) is 8.83. The molecule has 4 heteroatoms. The van der Waals surface area contributed by atoms with Crippen LogP contribution in [-0.2, 0) is 14.4 Å². The van der Waals surface area contributed by atoms with Crippen LogP contribution >= 0.6 is 0 Å². The second kappa shape index (κ2) is 6.67. The molecular formula is C24H32O4. The fourth-order valence-electron chi connectivity index (χ4n) is 7.42. The van der Waals surface area contributed by atoms with Crippen LogP contribution in [0, 0.1) is 34.5 Å². The highest BCUT2D eigenvalue weighted by molar-refractivity contribution is 6.05. The number of hydrogen-bond acceptors (Lipinski definition) is 3. The highest BCUT2D eigenvalue weighted by Crippen LogP contribution is 2.66. The van der Waals surface area contributed by atoms with Crippen LogP contribution < -0.4 is 0 Å². The van der Waals surface area contributed by atoms with Gasteiger partial charge in [-0.1, -0.05) is 25.5 Å². The maximum Gasteiger partial charge on any atom is 0.303 e. The van der Waals surface area contributed by atoms with Crippen LogP contribution in [0.15, 0.2) is 23.3 Å². The van der Waals surface area contributed by atoms with Gasteiger partial charge in [-0.25, -0.2) is 0 Å². The van der Waals surface area contributed by atoms with Crippen LogP contribution in [0.3, 0.4) is 0 Å². The zero-order valence-electron chi connectivity index (χ0n) is 17.3. The lowest BCUT2D eigenvalue weighted by Gasteiger charge is -2.57. The lowest BCUT2D eigenvalue weighted by molar-refractivity contribution is -0.140. The van der Waals surface area contributed by atoms with E-state index in [9.17, 15) is 14.4 Å². The van der Waals surface area contributed by atoms with Crippen molar-refractivity contribution in [2.24, 2.45) is 34.5 Å². The Bertz CT molecular complexity index is 790. The molecule has 0 amide bonds. The first-order chi connectivity index (χ1) is 13.2. The van der Waals surface area contributed by atoms with E-state index in [0.29, 0.717) is 17.8 Å². The largest absolute Gasteiger partial charge is 0.481 e. The number of carbonyl (C=O) groups excluding carboxylic acids is 2. The zero-order valence-corrected chi connectivity index (χ0v) is 17.3. The number of Topliss-reactive ketones (excluding diaryl/α,β-unsaturated/α-hetero) is 1. The highest BCUT2D eigenvalue weighted by atomic mass is 16.4. The molecule has 0 unspecified atom stereocenters. The summed E-state index contributed by atoms with van der Waals surface area (Å²) >= 11 is 0. The molecule has 0 heterocycles. The topological polar surface area (TPSA) is 71.4 Å². The first-order valence-electron chi connectivity index (χ1n) is 10.9. The van der Waals surface area contributed by atoms with Crippen molar-refractivity contribution in [3.63, 3.8) is 0 Å². The Morgan fingerprint density at radius 2 is 1.86 bits per heavy atom. The van der Waals surface area contributed by atoms with Gasteiger partial charge in [0.05, 0.1) is 6.42 Å². The molecule has 4 aliphatic carbocycles. The summed E-state index contributed by atoms with van der Waals surface area (Å²) < 4.78 is 0. The predicted molar refractivity (Wildman–Crippen MR) is 107 cm³/mol. The first kappa shape index (κ1) is 19.6. The number of aliphatic carboxylic acids is 1. The van der Waals surface area contributed by atoms with E-state index in [1.54, 1.807) is 0 Å². The molecule has 0 bridgehead atoms. The summed E-state index contributed by atoms with van der Waals surface area (Å²) in [4.78, 5) is 35.9. The SMILES string of the molecule is CC1=C[C@@]2(C)C(=CC1=O)CC[C@H]1[C@@H]3CC[C@H](C(=O)CCC(=O)O)[C@@]3(C)CC[C@@H]12. The van der Waals surface area contributed by atoms with Gasteiger partial charge in [-0.05, 0) is 80.3 Å². The van der Waals surface area contributed by atoms with E-state index in [1.165, 1.54) is 5.57 Å². The summed E-state index contributed by atoms with van der Waals surface area (Å²) in [6, 6.07) is 0. The van der Waals surface area contributed by atoms with Crippen molar-refractivity contribution >= 4 is 17.5 Å². The van der Waals surface area contributed by atoms with Crippen molar-refractivity contribution < 1.29 is 19.5 Å². The van der Waals surface area contributed by atoms with E-state index in [-0.39, 0.29) is 41.2 Å². The fraction of sp³-hybridized carbons (Fsp3) is 0.708. The molecule has 6 atom stereocenters. The molecule has 152 valence electrons. The smallest absolute Gasteiger partial charge is 0.303 e. The summed E-state index contributed by atoms with van der Waals surface area (Å²) in [5.41, 5.74) is 2.17. The number of hydrogen-bond donors (Lipinski definition) is 1. The molecule has 0 aromatic heterocycles. The van der Waals surface area contributed by atoms with E-state index < -0.39 is 5.97 Å². The number of carboxylic acids is 1. The summed E-state index contributed by atoms with van der Waals surface area (Å²) in [5.74, 6) is 1.13. The van der Waals surface area contributed by atoms with Crippen molar-refractivity contribution in [1.82, 2.24) is 0 Å². The van der Waals surface area contributed by atoms with Crippen molar-refractivity contribution in [1.29, 1.82) is 0 Å². The minimum atomic E-state index is -0.884. The molecule has 0 aliphatic heterocycles. The number of carbonyl (C=O) groups is 3. The Balaban J connectivity index is 1.58. The van der Waals surface area contributed by atoms with Gasteiger partial charge in [0.15, 0.2) is 5.78 Å². The number of ketones is 2. The Kier molecular flexibility index (Phi) is 4.67. The van der Waals surface area contributed by atoms with Crippen LogP contribution in [0.4, 0.5) is 0 Å². The lowest BCUT2D eigenvalue weighted by Crippen LogP contribution is -2.50. The van der Waals surface area contributed by atoms with E-state index in [4.69, 9.17) is 5.11 Å². The normalized spacial score (nSPS) is 42.0. The minimum absolute atomic E-state index is 0.0115. The molecule has 28 heavy (non-hydrogen) atoms. The maximum absolute atomic E-state index is 12.8. The molecule has 0 aromatic carbocycles. The third-order valence-electron chi connectivity index (χ3n) is 8.83. The fourth-order valence-corrected chi connectivity index (χ4v) is 7.42. The van der Waals surface area contributed by atoms with E-state index in [2.05, 4.69) is 19.9 Å². The Hall–Kier alpha value is -1.71. The average Bonchev–Trinajstić information content (AvgIpc) is 2.98. The van der Waals surface area contributed by atoms with Crippen molar-refractivity contribution in [3.8, 4) is 0 Å². The minimum Gasteiger partial charge on any atom is -0.481 e. The Morgan fingerprint density at radius 1 is 1.11 bits per heavy atom. The van der Waals surface area contributed by atoms with Gasteiger partial charge in [0, 0.05) is 17.8 Å². The molecule has 0 spiro atoms. The van der Waals surface area contributed by atoms with E-state index in [0.717, 1.165) is 44.1 Å². The molecule has 4 nitrogen and oxygen atoms in total. The zero-order chi connectivity index (χ0) is 20.3. The third kappa shape index (κ3) is 2.83. The molecule has 0 radical (unpaired) electrons. The summed E-state index contributed by atoms with van der Waals surface area (Å²) in [6.07, 6.45) is 10.5. The first-order valence-corrected chi connectivity index (χ1v) is 10.9. The molecule has 3 fully saturated rings. The van der Waals surface area contributed by atoms with Gasteiger partial charge in [-0.3, -0.25) is 14.4 Å². The maximum atomic E-state index is 12.8. The average molecular weight is 385 g/mol. The Morgan fingerprint density at radius 3 is 2.57 bits per heavy atom. The lowest BCUT2D eigenvalue weighted by atomic mass is 9.47. The summed E-state index contributed by atoms with van der Waals surface area (Å²) in [6.45, 7) is 6.55. The Labute approximate surface area is 167 Å². The van der Waals surface area contributed by atoms with Crippen molar-refractivity contribution in [2.45, 2.75) is 72.1 Å². The van der Waals surface area contributed by atoms with Gasteiger partial charge in [0.1, 0.15) is 5.78 Å². The van der Waals surface area contributed by atoms with Gasteiger partial charge >= 0.3 is 5.97 Å². The second-order valence-electron chi connectivity index (χ2n) is 10.1. The monoisotopic (exact) mass is 384 g/mol. The molecular weight excluding hydrogens is 352 g/mol. The number of carboxylic acid groups (broad SMARTS) is 1. The van der Waals surface area contributed by atoms with Crippen LogP contribution in [0.5, 0.6) is 0 Å². The molecule has 4 rings (SSSR count). The van der Waals surface area contributed by atoms with Crippen LogP contribution in [0.2, 0.25) is 0 Å². The van der Waals surface area contributed by atoms with E-state index >= 15 is 0 Å². The summed E-state index contributed by atoms with van der Waals surface area (Å²) in [7, 11) is 0. The molecule has 0 saturated heterocycles. The number of rotatable bonds is 4. The standard InChI is InChI=1S/C24H32O4/c1-14-13-24(3)15(12-21(14)26)4-5-16-17-6-7-19(20(25)8-9-22(27)28)23(17,2)11-10-18(16)24/h12-13,16-19H,4-11H2,1-3H3,(H,27,28)/t16-,17-,18-,19+,23-,24-/m0/s1. The quantitative estimate of drug-likeness (QED) is 0.760. The van der Waals surface area contributed by atoms with Gasteiger partial charge < -0.3 is 5.11 Å². The van der Waals surface area contributed by atoms with Crippen LogP contribution in [0.25, 0.3) is 0 Å². The van der Waals surface area contributed by atoms with Crippen LogP contribution in [-0.4, -0.2) is 22.6 Å². The van der Waals surface area contributed by atoms with Gasteiger partial charge in [-0.15, -0.1) is 0 Å². The van der Waals surface area contributed by atoms with Gasteiger partial charge in [-0.2, -0.15) is 0 Å². The van der Waals surface area contributed by atoms with Crippen molar-refractivity contribution in [3.05, 3.63) is 23.3 Å². The van der Waals surface area contributed by atoms with Crippen LogP contribution in [0.1, 0.15) is 72.1 Å². The van der Waals surface area contributed by atoms with Gasteiger partial charge in [0.2, 0.25) is 0 Å². The number of fused-ring (bicyclic) bond motifs is 5. The van der Waals surface area contributed by atoms with E-state index in [1.807, 2.05) is 13.0 Å². The predicted octanol–water partition coefficient (Wildman–Crippen LogP) is 4.73. The van der Waals surface area contributed by atoms with Gasteiger partial charge in [0.25, 0.3) is 0 Å². The molecule has 3 saturated carbocycles. The second-order valence-corrected chi connectivity index (χ2v) is 10.1. The summed E-state index contributed by atoms with van der Waals surface area (Å²) in [5, 5.41) is 8.95. The molecule has 4 aliphatic rings.